The summed E-state index contributed by atoms with van der Waals surface area (Å²) in [5.41, 5.74) is 0.660. The van der Waals surface area contributed by atoms with E-state index in [0.717, 1.165) is 30.7 Å². The Labute approximate surface area is 156 Å². The summed E-state index contributed by atoms with van der Waals surface area (Å²) in [4.78, 5) is 33.0. The van der Waals surface area contributed by atoms with Gasteiger partial charge in [0.15, 0.2) is 6.10 Å². The van der Waals surface area contributed by atoms with E-state index in [2.05, 4.69) is 26.5 Å². The zero-order valence-corrected chi connectivity index (χ0v) is 15.7. The van der Waals surface area contributed by atoms with Crippen molar-refractivity contribution < 1.29 is 14.3 Å². The van der Waals surface area contributed by atoms with Crippen LogP contribution in [0.4, 0.5) is 0 Å². The first-order valence-corrected chi connectivity index (χ1v) is 8.99. The lowest BCUT2D eigenvalue weighted by Gasteiger charge is -2.32. The van der Waals surface area contributed by atoms with E-state index in [-0.39, 0.29) is 5.82 Å². The Morgan fingerprint density at radius 2 is 2.00 bits per heavy atom. The second-order valence-electron chi connectivity index (χ2n) is 6.98. The number of carbonyl (C=O) groups excluding carboxylic acids is 2. The topological polar surface area (TPSA) is 122 Å². The lowest BCUT2D eigenvalue weighted by Crippen LogP contribution is -2.52. The van der Waals surface area contributed by atoms with Crippen molar-refractivity contribution in [1.82, 2.24) is 24.9 Å². The molecule has 2 heterocycles. The molecule has 2 aromatic heterocycles. The van der Waals surface area contributed by atoms with Gasteiger partial charge in [0.1, 0.15) is 5.54 Å². The summed E-state index contributed by atoms with van der Waals surface area (Å²) in [5.74, 6) is -1.18. The van der Waals surface area contributed by atoms with Crippen LogP contribution < -0.4 is 5.32 Å². The van der Waals surface area contributed by atoms with Gasteiger partial charge in [-0.2, -0.15) is 10.2 Å². The van der Waals surface area contributed by atoms with E-state index in [9.17, 15) is 14.9 Å². The van der Waals surface area contributed by atoms with Crippen LogP contribution in [0.2, 0.25) is 0 Å². The summed E-state index contributed by atoms with van der Waals surface area (Å²) < 4.78 is 6.65. The lowest BCUT2D eigenvalue weighted by molar-refractivity contribution is -0.130. The van der Waals surface area contributed by atoms with Gasteiger partial charge in [-0.3, -0.25) is 4.79 Å². The number of aromatic nitrogens is 4. The number of carbonyl (C=O) groups is 2. The van der Waals surface area contributed by atoms with Gasteiger partial charge in [-0.15, -0.1) is 5.10 Å². The lowest BCUT2D eigenvalue weighted by atomic mass is 9.83. The molecule has 3 rings (SSSR count). The molecule has 1 atom stereocenters. The fraction of sp³-hybridized carbons (Fsp3) is 0.556. The van der Waals surface area contributed by atoms with Crippen molar-refractivity contribution in [3.8, 4) is 6.07 Å². The highest BCUT2D eigenvalue weighted by Gasteiger charge is 2.35. The summed E-state index contributed by atoms with van der Waals surface area (Å²) in [6.07, 6.45) is 2.98. The highest BCUT2D eigenvalue weighted by molar-refractivity contribution is 5.89. The minimum atomic E-state index is -1.06. The van der Waals surface area contributed by atoms with Crippen LogP contribution >= 0.6 is 0 Å². The first-order chi connectivity index (χ1) is 12.8. The quantitative estimate of drug-likeness (QED) is 0.811. The SMILES string of the molecule is Cc1cc(C)n2nc(C(=O)OC(C)C(=O)NC3(C#N)CCCCC3)nc2n1. The Balaban J connectivity index is 1.69. The van der Waals surface area contributed by atoms with E-state index < -0.39 is 23.5 Å². The predicted molar refractivity (Wildman–Crippen MR) is 94.7 cm³/mol. The van der Waals surface area contributed by atoms with Crippen molar-refractivity contribution in [2.45, 2.75) is 64.5 Å². The van der Waals surface area contributed by atoms with Crippen LogP contribution in [0.1, 0.15) is 61.0 Å². The Morgan fingerprint density at radius 3 is 2.67 bits per heavy atom. The molecule has 2 aromatic rings. The fourth-order valence-corrected chi connectivity index (χ4v) is 3.28. The molecule has 142 valence electrons. The number of hydrogen-bond acceptors (Lipinski definition) is 7. The molecule has 9 heteroatoms. The predicted octanol–water partition coefficient (Wildman–Crippen LogP) is 1.63. The van der Waals surface area contributed by atoms with Crippen LogP contribution in [-0.4, -0.2) is 43.1 Å². The van der Waals surface area contributed by atoms with Gasteiger partial charge >= 0.3 is 5.97 Å². The number of ether oxygens (including phenoxy) is 1. The molecule has 0 aromatic carbocycles. The summed E-state index contributed by atoms with van der Waals surface area (Å²) >= 11 is 0. The molecule has 0 radical (unpaired) electrons. The second-order valence-corrected chi connectivity index (χ2v) is 6.98. The van der Waals surface area contributed by atoms with Crippen LogP contribution in [0.5, 0.6) is 0 Å². The van der Waals surface area contributed by atoms with Crippen LogP contribution in [-0.2, 0) is 9.53 Å². The van der Waals surface area contributed by atoms with Crippen molar-refractivity contribution in [3.63, 3.8) is 0 Å². The van der Waals surface area contributed by atoms with Crippen molar-refractivity contribution in [2.24, 2.45) is 0 Å². The molecule has 9 nitrogen and oxygen atoms in total. The van der Waals surface area contributed by atoms with Gasteiger partial charge in [-0.25, -0.2) is 14.3 Å². The largest absolute Gasteiger partial charge is 0.447 e. The number of aryl methyl sites for hydroxylation is 2. The standard InChI is InChI=1S/C18H22N6O3/c1-11-9-12(2)24-17(20-11)21-14(23-24)16(26)27-13(3)15(25)22-18(10-19)7-5-4-6-8-18/h9,13H,4-8H2,1-3H3,(H,22,25). The third-order valence-electron chi connectivity index (χ3n) is 4.74. The Bertz CT molecular complexity index is 923. The fourth-order valence-electron chi connectivity index (χ4n) is 3.28. The molecule has 0 saturated heterocycles. The van der Waals surface area contributed by atoms with Gasteiger partial charge in [-0.1, -0.05) is 19.3 Å². The van der Waals surface area contributed by atoms with Crippen molar-refractivity contribution >= 4 is 17.7 Å². The van der Waals surface area contributed by atoms with Crippen LogP contribution in [0.15, 0.2) is 6.07 Å². The monoisotopic (exact) mass is 370 g/mol. The summed E-state index contributed by atoms with van der Waals surface area (Å²) in [6, 6.07) is 4.03. The molecular weight excluding hydrogens is 348 g/mol. The molecule has 1 aliphatic rings. The summed E-state index contributed by atoms with van der Waals surface area (Å²) in [5, 5.41) is 16.3. The number of rotatable bonds is 4. The first-order valence-electron chi connectivity index (χ1n) is 8.99. The maximum absolute atomic E-state index is 12.4. The molecule has 1 N–H and O–H groups in total. The number of esters is 1. The minimum Gasteiger partial charge on any atom is -0.447 e. The van der Waals surface area contributed by atoms with Crippen molar-refractivity contribution in [2.75, 3.05) is 0 Å². The Kier molecular flexibility index (Phi) is 5.08. The van der Waals surface area contributed by atoms with Crippen LogP contribution in [0.25, 0.3) is 5.78 Å². The number of nitriles is 1. The highest BCUT2D eigenvalue weighted by atomic mass is 16.5. The molecule has 1 saturated carbocycles. The molecular formula is C18H22N6O3. The maximum Gasteiger partial charge on any atom is 0.379 e. The minimum absolute atomic E-state index is 0.163. The van der Waals surface area contributed by atoms with Gasteiger partial charge in [0, 0.05) is 11.4 Å². The van der Waals surface area contributed by atoms with Gasteiger partial charge in [-0.05, 0) is 39.7 Å². The number of hydrogen-bond donors (Lipinski definition) is 1. The van der Waals surface area contributed by atoms with Crippen molar-refractivity contribution in [1.29, 1.82) is 5.26 Å². The second kappa shape index (κ2) is 7.31. The third-order valence-corrected chi connectivity index (χ3v) is 4.74. The maximum atomic E-state index is 12.4. The zero-order chi connectivity index (χ0) is 19.6. The van der Waals surface area contributed by atoms with E-state index in [1.165, 1.54) is 11.4 Å². The Morgan fingerprint density at radius 1 is 1.30 bits per heavy atom. The number of nitrogens with one attached hydrogen (secondary N) is 1. The van der Waals surface area contributed by atoms with E-state index in [4.69, 9.17) is 4.74 Å². The van der Waals surface area contributed by atoms with Crippen LogP contribution in [0, 0.1) is 25.2 Å². The Hall–Kier alpha value is -3.02. The molecule has 1 amide bonds. The molecule has 0 spiro atoms. The highest BCUT2D eigenvalue weighted by Crippen LogP contribution is 2.27. The van der Waals surface area contributed by atoms with E-state index in [0.29, 0.717) is 18.6 Å². The normalized spacial score (nSPS) is 17.1. The van der Waals surface area contributed by atoms with Crippen molar-refractivity contribution in [3.05, 3.63) is 23.3 Å². The summed E-state index contributed by atoms with van der Waals surface area (Å²) in [6.45, 7) is 5.11. The number of nitrogens with zero attached hydrogens (tertiary/aromatic N) is 5. The third kappa shape index (κ3) is 3.89. The average molecular weight is 370 g/mol. The van der Waals surface area contributed by atoms with Gasteiger partial charge in [0.2, 0.25) is 0 Å². The summed E-state index contributed by atoms with van der Waals surface area (Å²) in [7, 11) is 0. The molecule has 27 heavy (non-hydrogen) atoms. The molecule has 1 unspecified atom stereocenters. The zero-order valence-electron chi connectivity index (χ0n) is 15.7. The smallest absolute Gasteiger partial charge is 0.379 e. The van der Waals surface area contributed by atoms with E-state index in [1.807, 2.05) is 19.9 Å². The van der Waals surface area contributed by atoms with E-state index >= 15 is 0 Å². The number of fused-ring (bicyclic) bond motifs is 1. The van der Waals surface area contributed by atoms with Gasteiger partial charge < -0.3 is 10.1 Å². The molecule has 0 bridgehead atoms. The first kappa shape index (κ1) is 18.8. The van der Waals surface area contributed by atoms with Gasteiger partial charge in [0.05, 0.1) is 6.07 Å². The van der Waals surface area contributed by atoms with Gasteiger partial charge in [0.25, 0.3) is 17.5 Å². The van der Waals surface area contributed by atoms with E-state index in [1.54, 1.807) is 0 Å². The molecule has 1 aliphatic carbocycles. The molecule has 0 aliphatic heterocycles. The number of amides is 1. The van der Waals surface area contributed by atoms with Crippen LogP contribution in [0.3, 0.4) is 0 Å². The molecule has 1 fully saturated rings. The average Bonchev–Trinajstić information content (AvgIpc) is 3.07.